The van der Waals surface area contributed by atoms with Crippen LogP contribution in [0.2, 0.25) is 0 Å². The van der Waals surface area contributed by atoms with Gasteiger partial charge in [0.1, 0.15) is 11.5 Å². The molecule has 1 aromatic heterocycles. The summed E-state index contributed by atoms with van der Waals surface area (Å²) in [6.07, 6.45) is 2.53. The van der Waals surface area contributed by atoms with Gasteiger partial charge in [0, 0.05) is 12.1 Å². The third kappa shape index (κ3) is 2.53. The third-order valence-corrected chi connectivity index (χ3v) is 3.16. The maximum atomic E-state index is 5.92. The van der Waals surface area contributed by atoms with Crippen LogP contribution in [0.1, 0.15) is 25.1 Å². The molecule has 20 heavy (non-hydrogen) atoms. The fourth-order valence-corrected chi connectivity index (χ4v) is 1.96. The number of pyridine rings is 1. The minimum atomic E-state index is -0.0328. The van der Waals surface area contributed by atoms with E-state index in [2.05, 4.69) is 4.98 Å². The zero-order valence-corrected chi connectivity index (χ0v) is 11.2. The van der Waals surface area contributed by atoms with Crippen LogP contribution in [0.25, 0.3) is 0 Å². The smallest absolute Gasteiger partial charge is 0.231 e. The molecular weight excluding hydrogens is 256 g/mol. The quantitative estimate of drug-likeness (QED) is 0.926. The molecule has 0 saturated heterocycles. The Morgan fingerprint density at radius 3 is 2.75 bits per heavy atom. The average molecular weight is 272 g/mol. The highest BCUT2D eigenvalue weighted by Crippen LogP contribution is 2.36. The predicted octanol–water partition coefficient (Wildman–Crippen LogP) is 3.01. The van der Waals surface area contributed by atoms with Gasteiger partial charge in [0.05, 0.1) is 11.9 Å². The summed E-state index contributed by atoms with van der Waals surface area (Å²) in [6, 6.07) is 9.17. The Bertz CT molecular complexity index is 599. The van der Waals surface area contributed by atoms with Gasteiger partial charge in [0.2, 0.25) is 6.79 Å². The summed E-state index contributed by atoms with van der Waals surface area (Å²) in [5.41, 5.74) is 6.79. The van der Waals surface area contributed by atoms with Gasteiger partial charge in [-0.25, -0.2) is 0 Å². The second-order valence-electron chi connectivity index (χ2n) is 4.55. The van der Waals surface area contributed by atoms with Gasteiger partial charge in [0.25, 0.3) is 0 Å². The van der Waals surface area contributed by atoms with Gasteiger partial charge >= 0.3 is 0 Å². The van der Waals surface area contributed by atoms with E-state index in [0.717, 1.165) is 17.9 Å². The molecule has 1 aliphatic rings. The first-order valence-corrected chi connectivity index (χ1v) is 6.55. The number of benzene rings is 1. The molecule has 104 valence electrons. The highest BCUT2D eigenvalue weighted by molar-refractivity contribution is 5.47. The molecule has 5 nitrogen and oxygen atoms in total. The van der Waals surface area contributed by atoms with Crippen LogP contribution in [0.5, 0.6) is 23.0 Å². The van der Waals surface area contributed by atoms with E-state index >= 15 is 0 Å². The van der Waals surface area contributed by atoms with Crippen molar-refractivity contribution in [1.29, 1.82) is 0 Å². The highest BCUT2D eigenvalue weighted by Gasteiger charge is 2.14. The Labute approximate surface area is 117 Å². The van der Waals surface area contributed by atoms with E-state index in [1.54, 1.807) is 12.3 Å². The van der Waals surface area contributed by atoms with Crippen molar-refractivity contribution in [3.8, 4) is 23.0 Å². The van der Waals surface area contributed by atoms with Crippen LogP contribution in [0.15, 0.2) is 36.5 Å². The van der Waals surface area contributed by atoms with E-state index < -0.39 is 0 Å². The molecule has 2 heterocycles. The van der Waals surface area contributed by atoms with Crippen LogP contribution in [-0.4, -0.2) is 11.8 Å². The normalized spacial score (nSPS) is 14.1. The molecule has 5 heteroatoms. The van der Waals surface area contributed by atoms with Gasteiger partial charge < -0.3 is 19.9 Å². The number of fused-ring (bicyclic) bond motifs is 1. The number of ether oxygens (including phenoxy) is 3. The summed E-state index contributed by atoms with van der Waals surface area (Å²) in [5.74, 6) is 2.78. The number of hydrogen-bond donors (Lipinski definition) is 1. The number of aromatic nitrogens is 1. The molecule has 1 atom stereocenters. The number of hydrogen-bond acceptors (Lipinski definition) is 5. The van der Waals surface area contributed by atoms with Crippen molar-refractivity contribution in [1.82, 2.24) is 4.98 Å². The largest absolute Gasteiger partial charge is 0.456 e. The fraction of sp³-hybridized carbons (Fsp3) is 0.267. The van der Waals surface area contributed by atoms with Crippen molar-refractivity contribution in [3.63, 3.8) is 0 Å². The molecule has 2 aromatic rings. The Morgan fingerprint density at radius 2 is 2.00 bits per heavy atom. The topological polar surface area (TPSA) is 66.6 Å². The Balaban J connectivity index is 1.74. The molecule has 0 spiro atoms. The lowest BCUT2D eigenvalue weighted by Crippen LogP contribution is -2.10. The SMILES string of the molecule is CC[C@H](N)c1ccc(Oc2ccc3c(c2)OCO3)cn1. The molecule has 1 aliphatic heterocycles. The lowest BCUT2D eigenvalue weighted by Gasteiger charge is -2.10. The maximum absolute atomic E-state index is 5.92. The summed E-state index contributed by atoms with van der Waals surface area (Å²) in [4.78, 5) is 4.31. The third-order valence-electron chi connectivity index (χ3n) is 3.16. The van der Waals surface area contributed by atoms with E-state index in [-0.39, 0.29) is 12.8 Å². The standard InChI is InChI=1S/C15H16N2O3/c1-2-12(16)13-5-3-11(8-17-13)20-10-4-6-14-15(7-10)19-9-18-14/h3-8,12H,2,9,16H2,1H3/t12-/m0/s1. The second kappa shape index (κ2) is 5.38. The van der Waals surface area contributed by atoms with Gasteiger partial charge in [-0.05, 0) is 30.7 Å². The maximum Gasteiger partial charge on any atom is 0.231 e. The van der Waals surface area contributed by atoms with Crippen molar-refractivity contribution >= 4 is 0 Å². The zero-order chi connectivity index (χ0) is 13.9. The Morgan fingerprint density at radius 1 is 1.20 bits per heavy atom. The van der Waals surface area contributed by atoms with E-state index in [1.165, 1.54) is 0 Å². The van der Waals surface area contributed by atoms with Gasteiger partial charge in [0.15, 0.2) is 11.5 Å². The van der Waals surface area contributed by atoms with Crippen LogP contribution >= 0.6 is 0 Å². The molecule has 0 fully saturated rings. The van der Waals surface area contributed by atoms with Crippen molar-refractivity contribution < 1.29 is 14.2 Å². The summed E-state index contributed by atoms with van der Waals surface area (Å²) < 4.78 is 16.3. The van der Waals surface area contributed by atoms with Crippen LogP contribution in [0, 0.1) is 0 Å². The second-order valence-corrected chi connectivity index (χ2v) is 4.55. The molecule has 0 unspecified atom stereocenters. The molecule has 1 aromatic carbocycles. The first-order chi connectivity index (χ1) is 9.76. The molecule has 0 aliphatic carbocycles. The van der Waals surface area contributed by atoms with Gasteiger partial charge in [-0.1, -0.05) is 6.92 Å². The first kappa shape index (κ1) is 12.7. The minimum Gasteiger partial charge on any atom is -0.456 e. The van der Waals surface area contributed by atoms with E-state index in [4.69, 9.17) is 19.9 Å². The molecule has 3 rings (SSSR count). The Hall–Kier alpha value is -2.27. The molecule has 0 radical (unpaired) electrons. The summed E-state index contributed by atoms with van der Waals surface area (Å²) in [5, 5.41) is 0. The predicted molar refractivity (Wildman–Crippen MR) is 74.1 cm³/mol. The Kier molecular flexibility index (Phi) is 3.43. The molecule has 0 bridgehead atoms. The first-order valence-electron chi connectivity index (χ1n) is 6.55. The van der Waals surface area contributed by atoms with Crippen LogP contribution in [-0.2, 0) is 0 Å². The summed E-state index contributed by atoms with van der Waals surface area (Å²) in [7, 11) is 0. The van der Waals surface area contributed by atoms with Gasteiger partial charge in [-0.15, -0.1) is 0 Å². The molecule has 0 saturated carbocycles. The van der Waals surface area contributed by atoms with Crippen molar-refractivity contribution in [3.05, 3.63) is 42.2 Å². The van der Waals surface area contributed by atoms with Gasteiger partial charge in [-0.3, -0.25) is 4.98 Å². The average Bonchev–Trinajstić information content (AvgIpc) is 2.95. The lowest BCUT2D eigenvalue weighted by atomic mass is 10.1. The van der Waals surface area contributed by atoms with Crippen LogP contribution in [0.4, 0.5) is 0 Å². The minimum absolute atomic E-state index is 0.0328. The van der Waals surface area contributed by atoms with Crippen LogP contribution in [0.3, 0.4) is 0 Å². The lowest BCUT2D eigenvalue weighted by molar-refractivity contribution is 0.174. The number of nitrogens with two attached hydrogens (primary N) is 1. The molecule has 0 amide bonds. The molecule has 2 N–H and O–H groups in total. The summed E-state index contributed by atoms with van der Waals surface area (Å²) in [6.45, 7) is 2.29. The van der Waals surface area contributed by atoms with E-state index in [9.17, 15) is 0 Å². The van der Waals surface area contributed by atoms with E-state index in [0.29, 0.717) is 17.2 Å². The van der Waals surface area contributed by atoms with Crippen molar-refractivity contribution in [2.24, 2.45) is 5.73 Å². The highest BCUT2D eigenvalue weighted by atomic mass is 16.7. The van der Waals surface area contributed by atoms with Crippen LogP contribution < -0.4 is 19.9 Å². The summed E-state index contributed by atoms with van der Waals surface area (Å²) >= 11 is 0. The zero-order valence-electron chi connectivity index (χ0n) is 11.2. The van der Waals surface area contributed by atoms with E-state index in [1.807, 2.05) is 31.2 Å². The monoisotopic (exact) mass is 272 g/mol. The number of nitrogens with zero attached hydrogens (tertiary/aromatic N) is 1. The van der Waals surface area contributed by atoms with Crippen molar-refractivity contribution in [2.75, 3.05) is 6.79 Å². The fourth-order valence-electron chi connectivity index (χ4n) is 1.96. The van der Waals surface area contributed by atoms with Crippen molar-refractivity contribution in [2.45, 2.75) is 19.4 Å². The molecular formula is C15H16N2O3. The number of rotatable bonds is 4. The van der Waals surface area contributed by atoms with Gasteiger partial charge in [-0.2, -0.15) is 0 Å².